The molecule has 0 saturated carbocycles. The van der Waals surface area contributed by atoms with Crippen LogP contribution in [0.25, 0.3) is 11.1 Å². The van der Waals surface area contributed by atoms with Crippen molar-refractivity contribution in [2.45, 2.75) is 52.4 Å². The van der Waals surface area contributed by atoms with Crippen LogP contribution >= 0.6 is 0 Å². The van der Waals surface area contributed by atoms with Crippen molar-refractivity contribution in [2.75, 3.05) is 6.61 Å². The second-order valence-corrected chi connectivity index (χ2v) is 6.52. The van der Waals surface area contributed by atoms with Crippen LogP contribution in [0.2, 0.25) is 0 Å². The van der Waals surface area contributed by atoms with Crippen LogP contribution in [-0.4, -0.2) is 18.5 Å². The molecule has 2 aromatic rings. The predicted octanol–water partition coefficient (Wildman–Crippen LogP) is 5.80. The number of hydrogen-bond acceptors (Lipinski definition) is 4. The lowest BCUT2D eigenvalue weighted by molar-refractivity contribution is -0.134. The summed E-state index contributed by atoms with van der Waals surface area (Å²) in [6, 6.07) is 14.7. The molecular formula is C23H28O4. The minimum absolute atomic E-state index is 0.192. The maximum atomic E-state index is 11.9. The van der Waals surface area contributed by atoms with Crippen molar-refractivity contribution in [1.29, 1.82) is 0 Å². The minimum atomic E-state index is -0.291. The molecule has 0 saturated heterocycles. The standard InChI is InChI=1S/C23H28O4/c1-3-5-7-8-22(24)27-21-15-13-19(14-16-21)18-9-11-20(12-10-18)23(25)26-17-6-4-2/h9-16H,3-8,17H2,1-2H3. The Morgan fingerprint density at radius 1 is 0.778 bits per heavy atom. The van der Waals surface area contributed by atoms with E-state index in [0.717, 1.165) is 43.2 Å². The van der Waals surface area contributed by atoms with Crippen LogP contribution in [0, 0.1) is 0 Å². The van der Waals surface area contributed by atoms with Crippen LogP contribution in [0.15, 0.2) is 48.5 Å². The van der Waals surface area contributed by atoms with Crippen molar-refractivity contribution < 1.29 is 19.1 Å². The van der Waals surface area contributed by atoms with E-state index >= 15 is 0 Å². The third kappa shape index (κ3) is 6.89. The molecule has 2 rings (SSSR count). The first-order valence-electron chi connectivity index (χ1n) is 9.72. The molecule has 0 bridgehead atoms. The van der Waals surface area contributed by atoms with Crippen molar-refractivity contribution in [3.63, 3.8) is 0 Å². The first-order valence-corrected chi connectivity index (χ1v) is 9.72. The van der Waals surface area contributed by atoms with Gasteiger partial charge in [0, 0.05) is 6.42 Å². The van der Waals surface area contributed by atoms with E-state index in [4.69, 9.17) is 9.47 Å². The zero-order valence-corrected chi connectivity index (χ0v) is 16.2. The Balaban J connectivity index is 1.92. The van der Waals surface area contributed by atoms with Gasteiger partial charge in [-0.3, -0.25) is 4.79 Å². The van der Waals surface area contributed by atoms with Gasteiger partial charge in [0.25, 0.3) is 0 Å². The topological polar surface area (TPSA) is 52.6 Å². The van der Waals surface area contributed by atoms with E-state index < -0.39 is 0 Å². The van der Waals surface area contributed by atoms with Gasteiger partial charge in [0.2, 0.25) is 0 Å². The molecule has 0 unspecified atom stereocenters. The zero-order valence-electron chi connectivity index (χ0n) is 16.2. The Labute approximate surface area is 161 Å². The molecule has 4 nitrogen and oxygen atoms in total. The van der Waals surface area contributed by atoms with E-state index in [-0.39, 0.29) is 11.9 Å². The van der Waals surface area contributed by atoms with Crippen molar-refractivity contribution in [1.82, 2.24) is 0 Å². The molecule has 0 spiro atoms. The predicted molar refractivity (Wildman–Crippen MR) is 107 cm³/mol. The van der Waals surface area contributed by atoms with E-state index in [2.05, 4.69) is 13.8 Å². The quantitative estimate of drug-likeness (QED) is 0.302. The molecule has 0 aliphatic heterocycles. The van der Waals surface area contributed by atoms with Gasteiger partial charge in [-0.2, -0.15) is 0 Å². The SMILES string of the molecule is CCCCCC(=O)Oc1ccc(-c2ccc(C(=O)OCCCC)cc2)cc1. The Morgan fingerprint density at radius 2 is 1.37 bits per heavy atom. The monoisotopic (exact) mass is 368 g/mol. The maximum Gasteiger partial charge on any atom is 0.338 e. The molecule has 0 atom stereocenters. The minimum Gasteiger partial charge on any atom is -0.462 e. The van der Waals surface area contributed by atoms with Gasteiger partial charge >= 0.3 is 11.9 Å². The average Bonchev–Trinajstić information content (AvgIpc) is 2.69. The Hall–Kier alpha value is -2.62. The highest BCUT2D eigenvalue weighted by Gasteiger charge is 2.08. The second kappa shape index (κ2) is 11.2. The lowest BCUT2D eigenvalue weighted by Gasteiger charge is -2.07. The number of carbonyl (C=O) groups is 2. The number of rotatable bonds is 10. The number of unbranched alkanes of at least 4 members (excludes halogenated alkanes) is 3. The highest BCUT2D eigenvalue weighted by Crippen LogP contribution is 2.23. The van der Waals surface area contributed by atoms with Crippen LogP contribution < -0.4 is 4.74 Å². The van der Waals surface area contributed by atoms with Crippen molar-refractivity contribution >= 4 is 11.9 Å². The largest absolute Gasteiger partial charge is 0.462 e. The Morgan fingerprint density at radius 3 is 1.96 bits per heavy atom. The van der Waals surface area contributed by atoms with E-state index in [1.807, 2.05) is 24.3 Å². The molecular weight excluding hydrogens is 340 g/mol. The lowest BCUT2D eigenvalue weighted by Crippen LogP contribution is -2.07. The molecule has 27 heavy (non-hydrogen) atoms. The number of hydrogen-bond donors (Lipinski definition) is 0. The van der Waals surface area contributed by atoms with Gasteiger partial charge < -0.3 is 9.47 Å². The molecule has 0 aliphatic rings. The molecule has 0 radical (unpaired) electrons. The summed E-state index contributed by atoms with van der Waals surface area (Å²) in [6.45, 7) is 4.61. The molecule has 0 heterocycles. The number of carbonyl (C=O) groups excluding carboxylic acids is 2. The summed E-state index contributed by atoms with van der Waals surface area (Å²) in [4.78, 5) is 23.7. The van der Waals surface area contributed by atoms with Crippen LogP contribution in [0.1, 0.15) is 62.7 Å². The number of benzene rings is 2. The van der Waals surface area contributed by atoms with Gasteiger partial charge in [-0.25, -0.2) is 4.79 Å². The van der Waals surface area contributed by atoms with Gasteiger partial charge in [0.1, 0.15) is 5.75 Å². The van der Waals surface area contributed by atoms with Gasteiger partial charge in [0.15, 0.2) is 0 Å². The van der Waals surface area contributed by atoms with Gasteiger partial charge in [-0.1, -0.05) is 57.4 Å². The van der Waals surface area contributed by atoms with Crippen LogP contribution in [0.4, 0.5) is 0 Å². The lowest BCUT2D eigenvalue weighted by atomic mass is 10.0. The van der Waals surface area contributed by atoms with Crippen molar-refractivity contribution in [3.05, 3.63) is 54.1 Å². The zero-order chi connectivity index (χ0) is 19.5. The molecule has 0 amide bonds. The van der Waals surface area contributed by atoms with Crippen LogP contribution in [-0.2, 0) is 9.53 Å². The number of esters is 2. The van der Waals surface area contributed by atoms with E-state index in [0.29, 0.717) is 24.3 Å². The molecule has 0 aromatic heterocycles. The summed E-state index contributed by atoms with van der Waals surface area (Å²) in [7, 11) is 0. The number of ether oxygens (including phenoxy) is 2. The summed E-state index contributed by atoms with van der Waals surface area (Å²) in [5.41, 5.74) is 2.53. The van der Waals surface area contributed by atoms with Crippen molar-refractivity contribution in [2.24, 2.45) is 0 Å². The fraction of sp³-hybridized carbons (Fsp3) is 0.391. The fourth-order valence-corrected chi connectivity index (χ4v) is 2.61. The van der Waals surface area contributed by atoms with Gasteiger partial charge in [-0.15, -0.1) is 0 Å². The Bertz CT molecular complexity index is 717. The van der Waals surface area contributed by atoms with E-state index in [9.17, 15) is 9.59 Å². The molecule has 0 fully saturated rings. The highest BCUT2D eigenvalue weighted by molar-refractivity contribution is 5.90. The molecule has 4 heteroatoms. The first kappa shape index (κ1) is 20.7. The average molecular weight is 368 g/mol. The summed E-state index contributed by atoms with van der Waals surface area (Å²) < 4.78 is 10.6. The molecule has 0 aliphatic carbocycles. The van der Waals surface area contributed by atoms with E-state index in [1.54, 1.807) is 24.3 Å². The summed E-state index contributed by atoms with van der Waals surface area (Å²) in [5, 5.41) is 0. The first-order chi connectivity index (χ1) is 13.1. The summed E-state index contributed by atoms with van der Waals surface area (Å²) in [5.74, 6) is 0.0684. The summed E-state index contributed by atoms with van der Waals surface area (Å²) in [6.07, 6.45) is 5.30. The third-order valence-electron chi connectivity index (χ3n) is 4.26. The van der Waals surface area contributed by atoms with Crippen molar-refractivity contribution in [3.8, 4) is 16.9 Å². The molecule has 2 aromatic carbocycles. The highest BCUT2D eigenvalue weighted by atomic mass is 16.5. The smallest absolute Gasteiger partial charge is 0.338 e. The second-order valence-electron chi connectivity index (χ2n) is 6.52. The van der Waals surface area contributed by atoms with E-state index in [1.165, 1.54) is 0 Å². The van der Waals surface area contributed by atoms with Gasteiger partial charge in [0.05, 0.1) is 12.2 Å². The molecule has 144 valence electrons. The fourth-order valence-electron chi connectivity index (χ4n) is 2.61. The Kier molecular flexibility index (Phi) is 8.56. The van der Waals surface area contributed by atoms with Gasteiger partial charge in [-0.05, 0) is 48.2 Å². The normalized spacial score (nSPS) is 10.4. The van der Waals surface area contributed by atoms with Crippen LogP contribution in [0.3, 0.4) is 0 Å². The summed E-state index contributed by atoms with van der Waals surface area (Å²) >= 11 is 0. The third-order valence-corrected chi connectivity index (χ3v) is 4.26. The molecule has 0 N–H and O–H groups in total. The maximum absolute atomic E-state index is 11.9. The van der Waals surface area contributed by atoms with Crippen LogP contribution in [0.5, 0.6) is 5.75 Å².